The topological polar surface area (TPSA) is 91.9 Å². The van der Waals surface area contributed by atoms with Gasteiger partial charge in [-0.2, -0.15) is 5.10 Å². The van der Waals surface area contributed by atoms with E-state index in [1.807, 2.05) is 0 Å². The van der Waals surface area contributed by atoms with Gasteiger partial charge < -0.3 is 15.4 Å². The van der Waals surface area contributed by atoms with Gasteiger partial charge in [0.05, 0.1) is 6.61 Å². The number of nitrogens with zero attached hydrogens (tertiary/aromatic N) is 2. The third-order valence-electron chi connectivity index (χ3n) is 1.70. The molecule has 0 aromatic carbocycles. The maximum atomic E-state index is 11.3. The maximum Gasteiger partial charge on any atom is 0.288 e. The average molecular weight is 213 g/mol. The predicted molar refractivity (Wildman–Crippen MR) is 53.5 cm³/mol. The van der Waals surface area contributed by atoms with Gasteiger partial charge in [0.1, 0.15) is 6.33 Å². The van der Waals surface area contributed by atoms with Crippen molar-refractivity contribution >= 4 is 5.91 Å². The van der Waals surface area contributed by atoms with Crippen LogP contribution in [0.5, 0.6) is 0 Å². The molecule has 0 bridgehead atoms. The van der Waals surface area contributed by atoms with Crippen LogP contribution < -0.4 is 10.6 Å². The Morgan fingerprint density at radius 1 is 1.53 bits per heavy atom. The summed E-state index contributed by atoms with van der Waals surface area (Å²) in [6.45, 7) is 2.68. The number of aromatic amines is 1. The molecule has 1 heterocycles. The lowest BCUT2D eigenvalue weighted by molar-refractivity contribution is 0.0944. The highest BCUT2D eigenvalue weighted by Gasteiger charge is 2.06. The fourth-order valence-corrected chi connectivity index (χ4v) is 0.962. The Morgan fingerprint density at radius 3 is 3.07 bits per heavy atom. The molecular weight excluding hydrogens is 198 g/mol. The van der Waals surface area contributed by atoms with Crippen LogP contribution in [0.4, 0.5) is 0 Å². The van der Waals surface area contributed by atoms with E-state index < -0.39 is 0 Å². The number of amides is 1. The third-order valence-corrected chi connectivity index (χ3v) is 1.70. The number of hydrogen-bond donors (Lipinski definition) is 3. The van der Waals surface area contributed by atoms with E-state index in [1.54, 1.807) is 7.11 Å². The van der Waals surface area contributed by atoms with Crippen LogP contribution in [0.1, 0.15) is 10.6 Å². The summed E-state index contributed by atoms with van der Waals surface area (Å²) in [5, 5.41) is 11.9. The van der Waals surface area contributed by atoms with E-state index >= 15 is 0 Å². The van der Waals surface area contributed by atoms with E-state index in [1.165, 1.54) is 6.33 Å². The molecule has 0 aliphatic carbocycles. The second kappa shape index (κ2) is 6.91. The third kappa shape index (κ3) is 4.52. The first-order valence-corrected chi connectivity index (χ1v) is 4.68. The molecule has 0 aliphatic rings. The zero-order valence-corrected chi connectivity index (χ0v) is 8.62. The lowest BCUT2D eigenvalue weighted by Gasteiger charge is -2.04. The van der Waals surface area contributed by atoms with E-state index in [-0.39, 0.29) is 11.7 Å². The zero-order chi connectivity index (χ0) is 10.9. The summed E-state index contributed by atoms with van der Waals surface area (Å²) < 4.78 is 4.86. The predicted octanol–water partition coefficient (Wildman–Crippen LogP) is -1.23. The van der Waals surface area contributed by atoms with Crippen molar-refractivity contribution in [3.05, 3.63) is 12.2 Å². The summed E-state index contributed by atoms with van der Waals surface area (Å²) >= 11 is 0. The molecule has 1 rings (SSSR count). The molecule has 0 fully saturated rings. The van der Waals surface area contributed by atoms with Crippen LogP contribution in [0.15, 0.2) is 6.33 Å². The second-order valence-electron chi connectivity index (χ2n) is 2.83. The Morgan fingerprint density at radius 2 is 2.40 bits per heavy atom. The first-order chi connectivity index (χ1) is 7.34. The molecule has 0 aliphatic heterocycles. The number of methoxy groups -OCH3 is 1. The lowest BCUT2D eigenvalue weighted by atomic mass is 10.5. The van der Waals surface area contributed by atoms with E-state index in [0.717, 1.165) is 6.54 Å². The minimum atomic E-state index is -0.249. The van der Waals surface area contributed by atoms with Crippen LogP contribution in [0.2, 0.25) is 0 Å². The SMILES string of the molecule is COCCNCCNC(=O)c1ncn[nH]1. The summed E-state index contributed by atoms with van der Waals surface area (Å²) in [4.78, 5) is 15.0. The van der Waals surface area contributed by atoms with Gasteiger partial charge in [-0.1, -0.05) is 0 Å². The highest BCUT2D eigenvalue weighted by molar-refractivity contribution is 5.90. The number of rotatable bonds is 7. The summed E-state index contributed by atoms with van der Waals surface area (Å²) in [5.74, 6) is -0.0204. The normalized spacial score (nSPS) is 10.2. The minimum absolute atomic E-state index is 0.229. The molecule has 0 spiro atoms. The number of H-pyrrole nitrogens is 1. The summed E-state index contributed by atoms with van der Waals surface area (Å²) in [6.07, 6.45) is 1.30. The van der Waals surface area contributed by atoms with Gasteiger partial charge in [0.15, 0.2) is 0 Å². The average Bonchev–Trinajstić information content (AvgIpc) is 2.76. The quantitative estimate of drug-likeness (QED) is 0.493. The van der Waals surface area contributed by atoms with Crippen molar-refractivity contribution in [3.8, 4) is 0 Å². The number of ether oxygens (including phenoxy) is 1. The van der Waals surface area contributed by atoms with Gasteiger partial charge in [0.2, 0.25) is 5.82 Å². The van der Waals surface area contributed by atoms with Gasteiger partial charge in [0, 0.05) is 26.7 Å². The Balaban J connectivity index is 2.03. The Bertz CT molecular complexity index is 275. The largest absolute Gasteiger partial charge is 0.383 e. The molecule has 1 aromatic heterocycles. The first-order valence-electron chi connectivity index (χ1n) is 4.68. The lowest BCUT2D eigenvalue weighted by Crippen LogP contribution is -2.33. The molecule has 0 atom stereocenters. The van der Waals surface area contributed by atoms with Crippen molar-refractivity contribution in [2.24, 2.45) is 0 Å². The molecule has 0 unspecified atom stereocenters. The van der Waals surface area contributed by atoms with Gasteiger partial charge >= 0.3 is 0 Å². The van der Waals surface area contributed by atoms with Crippen molar-refractivity contribution in [3.63, 3.8) is 0 Å². The Kier molecular flexibility index (Phi) is 5.34. The minimum Gasteiger partial charge on any atom is -0.383 e. The monoisotopic (exact) mass is 213 g/mol. The highest BCUT2D eigenvalue weighted by Crippen LogP contribution is 1.83. The number of aromatic nitrogens is 3. The van der Waals surface area contributed by atoms with Crippen molar-refractivity contribution < 1.29 is 9.53 Å². The fraction of sp³-hybridized carbons (Fsp3) is 0.625. The van der Waals surface area contributed by atoms with Crippen LogP contribution in [0.3, 0.4) is 0 Å². The molecule has 84 valence electrons. The van der Waals surface area contributed by atoms with Gasteiger partial charge in [-0.25, -0.2) is 4.98 Å². The fourth-order valence-electron chi connectivity index (χ4n) is 0.962. The van der Waals surface area contributed by atoms with Crippen molar-refractivity contribution in [2.75, 3.05) is 33.4 Å². The van der Waals surface area contributed by atoms with E-state index in [2.05, 4.69) is 25.8 Å². The van der Waals surface area contributed by atoms with Gasteiger partial charge in [-0.3, -0.25) is 9.89 Å². The molecule has 7 heteroatoms. The van der Waals surface area contributed by atoms with Crippen LogP contribution in [-0.2, 0) is 4.74 Å². The van der Waals surface area contributed by atoms with Gasteiger partial charge in [0.25, 0.3) is 5.91 Å². The number of carbonyl (C=O) groups excluding carboxylic acids is 1. The number of hydrogen-bond acceptors (Lipinski definition) is 5. The first kappa shape index (κ1) is 11.6. The van der Waals surface area contributed by atoms with E-state index in [0.29, 0.717) is 19.7 Å². The van der Waals surface area contributed by atoms with Crippen molar-refractivity contribution in [1.82, 2.24) is 25.8 Å². The van der Waals surface area contributed by atoms with Crippen molar-refractivity contribution in [2.45, 2.75) is 0 Å². The summed E-state index contributed by atoms with van der Waals surface area (Å²) in [5.41, 5.74) is 0. The molecule has 0 radical (unpaired) electrons. The Labute approximate surface area is 87.6 Å². The highest BCUT2D eigenvalue weighted by atomic mass is 16.5. The van der Waals surface area contributed by atoms with E-state index in [4.69, 9.17) is 4.74 Å². The van der Waals surface area contributed by atoms with Crippen LogP contribution >= 0.6 is 0 Å². The maximum absolute atomic E-state index is 11.3. The molecular formula is C8H15N5O2. The second-order valence-corrected chi connectivity index (χ2v) is 2.83. The summed E-state index contributed by atoms with van der Waals surface area (Å²) in [7, 11) is 1.65. The zero-order valence-electron chi connectivity index (χ0n) is 8.62. The summed E-state index contributed by atoms with van der Waals surface area (Å²) in [6, 6.07) is 0. The molecule has 1 amide bonds. The molecule has 3 N–H and O–H groups in total. The van der Waals surface area contributed by atoms with Gasteiger partial charge in [-0.05, 0) is 0 Å². The molecule has 0 saturated carbocycles. The number of carbonyl (C=O) groups is 1. The van der Waals surface area contributed by atoms with Crippen LogP contribution in [0.25, 0.3) is 0 Å². The smallest absolute Gasteiger partial charge is 0.288 e. The Hall–Kier alpha value is -1.47. The molecule has 1 aromatic rings. The van der Waals surface area contributed by atoms with Crippen molar-refractivity contribution in [1.29, 1.82) is 0 Å². The molecule has 15 heavy (non-hydrogen) atoms. The van der Waals surface area contributed by atoms with E-state index in [9.17, 15) is 4.79 Å². The number of nitrogens with one attached hydrogen (secondary N) is 3. The van der Waals surface area contributed by atoms with Gasteiger partial charge in [-0.15, -0.1) is 0 Å². The van der Waals surface area contributed by atoms with Crippen LogP contribution in [-0.4, -0.2) is 54.4 Å². The van der Waals surface area contributed by atoms with Crippen LogP contribution in [0, 0.1) is 0 Å². The molecule has 7 nitrogen and oxygen atoms in total. The standard InChI is InChI=1S/C8H15N5O2/c1-15-5-4-9-2-3-10-8(14)7-11-6-12-13-7/h6,9H,2-5H2,1H3,(H,10,14)(H,11,12,13). The molecule has 0 saturated heterocycles.